The lowest BCUT2D eigenvalue weighted by Crippen LogP contribution is -2.17. The molecular weight excluding hydrogens is 1420 g/mol. The first kappa shape index (κ1) is 74.7. The van der Waals surface area contributed by atoms with Crippen LogP contribution < -0.4 is 0 Å². The van der Waals surface area contributed by atoms with Gasteiger partial charge in [-0.05, 0) is 165 Å². The highest BCUT2D eigenvalue weighted by Gasteiger charge is 2.29. The minimum absolute atomic E-state index is 0.204. The first-order valence-corrected chi connectivity index (χ1v) is 39.5. The molecule has 0 saturated carbocycles. The van der Waals surface area contributed by atoms with Crippen molar-refractivity contribution in [1.29, 1.82) is 5.26 Å². The molecule has 0 aliphatic carbocycles. The van der Waals surface area contributed by atoms with Gasteiger partial charge >= 0.3 is 0 Å². The molecule has 12 heteroatoms. The summed E-state index contributed by atoms with van der Waals surface area (Å²) in [6, 6.07) is 100. The Balaban J connectivity index is 0.960. The van der Waals surface area contributed by atoms with Crippen LogP contribution in [0.15, 0.2) is 309 Å². The summed E-state index contributed by atoms with van der Waals surface area (Å²) in [4.78, 5) is 48.1. The quantitative estimate of drug-likeness (QED) is 0.0717. The predicted octanol–water partition coefficient (Wildman–Crippen LogP) is 25.9. The van der Waals surface area contributed by atoms with E-state index in [0.29, 0.717) is 58.0 Å². The largest absolute Gasteiger partial charge is 0.309 e. The van der Waals surface area contributed by atoms with Crippen LogP contribution in [0.5, 0.6) is 0 Å². The Kier molecular flexibility index (Phi) is 19.2. The molecule has 12 aromatic carbocycles. The number of rotatable bonds is 15. The number of nitriles is 1. The molecule has 116 heavy (non-hydrogen) atoms. The van der Waals surface area contributed by atoms with Crippen LogP contribution in [0.4, 0.5) is 0 Å². The number of fused-ring (bicyclic) bond motifs is 6. The lowest BCUT2D eigenvalue weighted by Gasteiger charge is -2.26. The molecule has 0 N–H and O–H groups in total. The second-order valence-electron chi connectivity index (χ2n) is 34.0. The summed E-state index contributed by atoms with van der Waals surface area (Å²) in [6.07, 6.45) is 7.21. The van der Waals surface area contributed by atoms with Crippen molar-refractivity contribution < 1.29 is 0 Å². The molecule has 564 valence electrons. The molecule has 0 aliphatic rings. The molecular formula is C104H88N12. The minimum Gasteiger partial charge on any atom is -0.309 e. The van der Waals surface area contributed by atoms with Crippen LogP contribution in [-0.2, 0) is 21.7 Å². The van der Waals surface area contributed by atoms with Crippen molar-refractivity contribution in [3.05, 3.63) is 337 Å². The first-order chi connectivity index (χ1) is 55.9. The molecule has 0 bridgehead atoms. The standard InChI is InChI=1S/C104H88N12/c1-14-15-32-66(64-105)53-65-45-49-88(115-86-43-30-28-41-80(86)83-59-71(46-50-89(83)115)96-108-92(67-33-20-16-21-34-67)106-93(109-96)68-35-22-17-23-36-68)82(54-65)85-61-73(98-112-99(74-55-76(101(2,3)4)62-77(56-74)102(5,6)7)114-100(113-98)75-57-78(103(8,9)10)63-79(58-75)104(11,12)13)48-52-91(85)116-87-44-31-29-42-81(87)84-60-72(47-51-90(84)116)97-110-94(69-37-24-18-25-38-69)107-95(111-97)70-39-26-19-27-40-70/h14-63H,1H2,2-13H3/b32-15-,66-53+. The number of hydrogen-bond acceptors (Lipinski definition) is 10. The molecule has 17 aromatic rings. The van der Waals surface area contributed by atoms with E-state index in [9.17, 15) is 5.26 Å². The molecule has 0 fully saturated rings. The summed E-state index contributed by atoms with van der Waals surface area (Å²) in [5.41, 5.74) is 20.2. The van der Waals surface area contributed by atoms with Gasteiger partial charge in [0.2, 0.25) is 0 Å². The lowest BCUT2D eigenvalue weighted by molar-refractivity contribution is 0.568. The Bertz CT molecular complexity index is 6540. The molecule has 5 heterocycles. The first-order valence-electron chi connectivity index (χ1n) is 39.5. The van der Waals surface area contributed by atoms with Crippen molar-refractivity contribution in [2.24, 2.45) is 0 Å². The number of benzene rings is 12. The van der Waals surface area contributed by atoms with Gasteiger partial charge in [-0.2, -0.15) is 5.26 Å². The van der Waals surface area contributed by atoms with Crippen molar-refractivity contribution in [3.8, 4) is 131 Å². The SMILES string of the molecule is C=C/C=C\C(C#N)=C/c1ccc(-n2c3ccccc3c3cc(-c4nc(-c5ccccc5)nc(-c5ccccc5)n4)ccc32)c(-c2cc(-c3nc(-c4cc(C(C)(C)C)cc(C(C)(C)C)c4)nc(-c4cc(C(C)(C)C)cc(C(C)(C)C)c4)n3)ccc2-n2c3ccccc3c3cc(-c4nc(-c5ccccc5)nc(-c5ccccc5)n4)ccc32)c1. The molecule has 0 spiro atoms. The maximum absolute atomic E-state index is 10.9. The average Bonchev–Trinajstić information content (AvgIpc) is 1.56. The summed E-state index contributed by atoms with van der Waals surface area (Å²) in [5.74, 6) is 5.03. The van der Waals surface area contributed by atoms with E-state index in [1.54, 1.807) is 18.2 Å². The average molecular weight is 1510 g/mol. The van der Waals surface area contributed by atoms with E-state index in [4.69, 9.17) is 44.9 Å². The van der Waals surface area contributed by atoms with E-state index >= 15 is 0 Å². The van der Waals surface area contributed by atoms with Crippen LogP contribution in [0.3, 0.4) is 0 Å². The van der Waals surface area contributed by atoms with Crippen molar-refractivity contribution in [1.82, 2.24) is 54.0 Å². The Morgan fingerprint density at radius 1 is 0.293 bits per heavy atom. The third-order valence-electron chi connectivity index (χ3n) is 21.7. The van der Waals surface area contributed by atoms with E-state index in [-0.39, 0.29) is 21.7 Å². The zero-order valence-electron chi connectivity index (χ0n) is 67.4. The van der Waals surface area contributed by atoms with Crippen LogP contribution in [0.2, 0.25) is 0 Å². The summed E-state index contributed by atoms with van der Waals surface area (Å²) < 4.78 is 4.76. The summed E-state index contributed by atoms with van der Waals surface area (Å²) in [5, 5.41) is 15.0. The van der Waals surface area contributed by atoms with Crippen LogP contribution in [-0.4, -0.2) is 54.0 Å². The zero-order valence-corrected chi connectivity index (χ0v) is 67.4. The lowest BCUT2D eigenvalue weighted by atomic mass is 9.79. The van der Waals surface area contributed by atoms with Crippen LogP contribution in [0, 0.1) is 11.3 Å². The Hall–Kier alpha value is -14.0. The molecule has 0 amide bonds. The van der Waals surface area contributed by atoms with Gasteiger partial charge in [-0.25, -0.2) is 44.9 Å². The highest BCUT2D eigenvalue weighted by Crippen LogP contribution is 2.46. The monoisotopic (exact) mass is 1500 g/mol. The van der Waals surface area contributed by atoms with Gasteiger partial charge in [0.15, 0.2) is 52.4 Å². The summed E-state index contributed by atoms with van der Waals surface area (Å²) in [6.45, 7) is 31.2. The van der Waals surface area contributed by atoms with Crippen molar-refractivity contribution in [3.63, 3.8) is 0 Å². The summed E-state index contributed by atoms with van der Waals surface area (Å²) >= 11 is 0. The van der Waals surface area contributed by atoms with Gasteiger partial charge in [0.1, 0.15) is 0 Å². The number of aromatic nitrogens is 11. The van der Waals surface area contributed by atoms with Crippen LogP contribution >= 0.6 is 0 Å². The molecule has 0 saturated heterocycles. The maximum atomic E-state index is 10.9. The van der Waals surface area contributed by atoms with Gasteiger partial charge in [0.05, 0.1) is 45.1 Å². The van der Waals surface area contributed by atoms with E-state index < -0.39 is 0 Å². The predicted molar refractivity (Wildman–Crippen MR) is 477 cm³/mol. The molecule has 12 nitrogen and oxygen atoms in total. The van der Waals surface area contributed by atoms with Gasteiger partial charge in [-0.15, -0.1) is 0 Å². The topological polar surface area (TPSA) is 150 Å². The normalized spacial score (nSPS) is 12.4. The van der Waals surface area contributed by atoms with Crippen molar-refractivity contribution in [2.75, 3.05) is 0 Å². The second-order valence-corrected chi connectivity index (χ2v) is 34.0. The Morgan fingerprint density at radius 2 is 0.586 bits per heavy atom. The molecule has 5 aromatic heterocycles. The van der Waals surface area contributed by atoms with E-state index in [2.05, 4.69) is 263 Å². The van der Waals surface area contributed by atoms with Crippen molar-refractivity contribution in [2.45, 2.75) is 105 Å². The van der Waals surface area contributed by atoms with E-state index in [1.165, 1.54) is 22.3 Å². The van der Waals surface area contributed by atoms with Crippen molar-refractivity contribution >= 4 is 49.7 Å². The molecule has 0 aliphatic heterocycles. The van der Waals surface area contributed by atoms with Gasteiger partial charge in [0, 0.05) is 82.7 Å². The third kappa shape index (κ3) is 14.7. The van der Waals surface area contributed by atoms with Crippen LogP contribution in [0.1, 0.15) is 111 Å². The highest BCUT2D eigenvalue weighted by atomic mass is 15.1. The molecule has 17 rings (SSSR count). The Labute approximate surface area is 677 Å². The minimum atomic E-state index is -0.204. The fraction of sp³-hybridized carbons (Fsp3) is 0.154. The highest BCUT2D eigenvalue weighted by molar-refractivity contribution is 6.13. The van der Waals surface area contributed by atoms with E-state index in [0.717, 1.165) is 122 Å². The smallest absolute Gasteiger partial charge is 0.164 e. The second kappa shape index (κ2) is 29.8. The Morgan fingerprint density at radius 3 is 0.931 bits per heavy atom. The van der Waals surface area contributed by atoms with Gasteiger partial charge in [-0.1, -0.05) is 278 Å². The number of allylic oxidation sites excluding steroid dienone is 4. The number of nitrogens with zero attached hydrogens (tertiary/aromatic N) is 12. The van der Waals surface area contributed by atoms with E-state index in [1.807, 2.05) is 127 Å². The molecule has 0 atom stereocenters. The molecule has 0 unspecified atom stereocenters. The number of para-hydroxylation sites is 2. The molecule has 0 radical (unpaired) electrons. The van der Waals surface area contributed by atoms with Gasteiger partial charge < -0.3 is 9.13 Å². The van der Waals surface area contributed by atoms with Gasteiger partial charge in [-0.3, -0.25) is 0 Å². The number of hydrogen-bond donors (Lipinski definition) is 0. The fourth-order valence-electron chi connectivity index (χ4n) is 15.2. The van der Waals surface area contributed by atoms with Gasteiger partial charge in [0.25, 0.3) is 0 Å². The zero-order chi connectivity index (χ0) is 80.4. The maximum Gasteiger partial charge on any atom is 0.164 e. The third-order valence-corrected chi connectivity index (χ3v) is 21.7. The fourth-order valence-corrected chi connectivity index (χ4v) is 15.2. The summed E-state index contributed by atoms with van der Waals surface area (Å²) in [7, 11) is 0. The van der Waals surface area contributed by atoms with Crippen LogP contribution in [0.25, 0.3) is 175 Å².